The summed E-state index contributed by atoms with van der Waals surface area (Å²) in [6.45, 7) is 4.32. The molecule has 1 saturated carbocycles. The third-order valence-electron chi connectivity index (χ3n) is 2.07. The third-order valence-corrected chi connectivity index (χ3v) is 2.07. The SMILES string of the molecule is C[C@H]1C[C@@H](C)[C@@H](O)C1. The number of aliphatic hydroxyl groups is 1. The van der Waals surface area contributed by atoms with E-state index in [1.807, 2.05) is 0 Å². The largest absolute Gasteiger partial charge is 0.393 e. The minimum atomic E-state index is -0.00926. The van der Waals surface area contributed by atoms with Crippen LogP contribution >= 0.6 is 0 Å². The van der Waals surface area contributed by atoms with Crippen LogP contribution in [0.5, 0.6) is 0 Å². The maximum Gasteiger partial charge on any atom is 0.0568 e. The Hall–Kier alpha value is -0.0400. The van der Waals surface area contributed by atoms with E-state index in [-0.39, 0.29) is 6.10 Å². The summed E-state index contributed by atoms with van der Waals surface area (Å²) in [6, 6.07) is 0. The van der Waals surface area contributed by atoms with Gasteiger partial charge >= 0.3 is 0 Å². The Bertz CT molecular complexity index is 70.5. The van der Waals surface area contributed by atoms with Crippen LogP contribution in [-0.4, -0.2) is 11.2 Å². The molecule has 0 spiro atoms. The second-order valence-corrected chi connectivity index (χ2v) is 3.12. The predicted octanol–water partition coefficient (Wildman–Crippen LogP) is 1.41. The predicted molar refractivity (Wildman–Crippen MR) is 33.6 cm³/mol. The van der Waals surface area contributed by atoms with Gasteiger partial charge in [-0.05, 0) is 24.7 Å². The fraction of sp³-hybridized carbons (Fsp3) is 1.00. The van der Waals surface area contributed by atoms with Crippen LogP contribution in [-0.2, 0) is 0 Å². The van der Waals surface area contributed by atoms with E-state index in [1.54, 1.807) is 0 Å². The first-order chi connectivity index (χ1) is 3.70. The van der Waals surface area contributed by atoms with Crippen LogP contribution < -0.4 is 0 Å². The average molecular weight is 114 g/mol. The number of rotatable bonds is 0. The highest BCUT2D eigenvalue weighted by Gasteiger charge is 2.25. The monoisotopic (exact) mass is 114 g/mol. The molecule has 0 saturated heterocycles. The minimum absolute atomic E-state index is 0.00926. The lowest BCUT2D eigenvalue weighted by molar-refractivity contribution is 0.140. The summed E-state index contributed by atoms with van der Waals surface area (Å²) >= 11 is 0. The summed E-state index contributed by atoms with van der Waals surface area (Å²) in [4.78, 5) is 0. The molecule has 1 heteroatoms. The van der Waals surface area contributed by atoms with Crippen LogP contribution in [0.15, 0.2) is 0 Å². The first kappa shape index (κ1) is 6.09. The van der Waals surface area contributed by atoms with Gasteiger partial charge in [0.2, 0.25) is 0 Å². The van der Waals surface area contributed by atoms with Gasteiger partial charge < -0.3 is 5.11 Å². The Morgan fingerprint density at radius 1 is 1.25 bits per heavy atom. The van der Waals surface area contributed by atoms with Gasteiger partial charge in [0, 0.05) is 0 Å². The molecule has 0 bridgehead atoms. The van der Waals surface area contributed by atoms with E-state index in [1.165, 1.54) is 6.42 Å². The van der Waals surface area contributed by atoms with E-state index >= 15 is 0 Å². The van der Waals surface area contributed by atoms with Crippen molar-refractivity contribution in [1.82, 2.24) is 0 Å². The highest BCUT2D eigenvalue weighted by atomic mass is 16.3. The molecular weight excluding hydrogens is 100 g/mol. The summed E-state index contributed by atoms with van der Waals surface area (Å²) in [5, 5.41) is 9.17. The molecule has 0 aromatic carbocycles. The second kappa shape index (κ2) is 2.06. The zero-order chi connectivity index (χ0) is 6.15. The van der Waals surface area contributed by atoms with Gasteiger partial charge in [-0.3, -0.25) is 0 Å². The Kier molecular flexibility index (Phi) is 1.57. The van der Waals surface area contributed by atoms with Crippen molar-refractivity contribution in [2.45, 2.75) is 32.8 Å². The average Bonchev–Trinajstić information content (AvgIpc) is 1.85. The lowest BCUT2D eigenvalue weighted by atomic mass is 10.1. The molecular formula is C7H14O. The smallest absolute Gasteiger partial charge is 0.0568 e. The molecule has 0 aliphatic heterocycles. The molecule has 8 heavy (non-hydrogen) atoms. The Balaban J connectivity index is 2.39. The highest BCUT2D eigenvalue weighted by molar-refractivity contribution is 4.77. The van der Waals surface area contributed by atoms with Gasteiger partial charge in [0.1, 0.15) is 0 Å². The maximum absolute atomic E-state index is 9.17. The molecule has 1 N–H and O–H groups in total. The van der Waals surface area contributed by atoms with Crippen LogP contribution in [0.3, 0.4) is 0 Å². The van der Waals surface area contributed by atoms with Crippen molar-refractivity contribution in [3.8, 4) is 0 Å². The van der Waals surface area contributed by atoms with Gasteiger partial charge in [-0.1, -0.05) is 13.8 Å². The van der Waals surface area contributed by atoms with E-state index in [0.717, 1.165) is 12.3 Å². The lowest BCUT2D eigenvalue weighted by Gasteiger charge is -2.04. The van der Waals surface area contributed by atoms with Crippen LogP contribution in [0.1, 0.15) is 26.7 Å². The fourth-order valence-corrected chi connectivity index (χ4v) is 1.53. The molecule has 0 amide bonds. The molecule has 1 aliphatic rings. The molecule has 0 radical (unpaired) electrons. The normalized spacial score (nSPS) is 47.6. The molecule has 0 heterocycles. The number of hydrogen-bond donors (Lipinski definition) is 1. The van der Waals surface area contributed by atoms with Crippen molar-refractivity contribution in [2.75, 3.05) is 0 Å². The van der Waals surface area contributed by atoms with E-state index in [9.17, 15) is 0 Å². The van der Waals surface area contributed by atoms with Gasteiger partial charge in [0.05, 0.1) is 6.10 Å². The van der Waals surface area contributed by atoms with E-state index in [0.29, 0.717) is 5.92 Å². The zero-order valence-corrected chi connectivity index (χ0v) is 5.59. The molecule has 1 fully saturated rings. The van der Waals surface area contributed by atoms with Gasteiger partial charge in [-0.2, -0.15) is 0 Å². The van der Waals surface area contributed by atoms with Crippen molar-refractivity contribution in [2.24, 2.45) is 11.8 Å². The van der Waals surface area contributed by atoms with Crippen molar-refractivity contribution >= 4 is 0 Å². The van der Waals surface area contributed by atoms with Crippen molar-refractivity contribution in [1.29, 1.82) is 0 Å². The fourth-order valence-electron chi connectivity index (χ4n) is 1.53. The number of aliphatic hydroxyl groups excluding tert-OH is 1. The summed E-state index contributed by atoms with van der Waals surface area (Å²) < 4.78 is 0. The van der Waals surface area contributed by atoms with Crippen LogP contribution in [0, 0.1) is 11.8 Å². The molecule has 48 valence electrons. The first-order valence-corrected chi connectivity index (χ1v) is 3.38. The molecule has 1 aliphatic carbocycles. The van der Waals surface area contributed by atoms with Gasteiger partial charge in [0.25, 0.3) is 0 Å². The molecule has 1 rings (SSSR count). The quantitative estimate of drug-likeness (QED) is 0.505. The van der Waals surface area contributed by atoms with Crippen LogP contribution in [0.4, 0.5) is 0 Å². The summed E-state index contributed by atoms with van der Waals surface area (Å²) in [5.41, 5.74) is 0. The third kappa shape index (κ3) is 1.03. The van der Waals surface area contributed by atoms with Crippen molar-refractivity contribution in [3.63, 3.8) is 0 Å². The van der Waals surface area contributed by atoms with Gasteiger partial charge in [0.15, 0.2) is 0 Å². The number of hydrogen-bond acceptors (Lipinski definition) is 1. The van der Waals surface area contributed by atoms with E-state index in [4.69, 9.17) is 5.11 Å². The van der Waals surface area contributed by atoms with Crippen molar-refractivity contribution < 1.29 is 5.11 Å². The molecule has 0 aromatic rings. The highest BCUT2D eigenvalue weighted by Crippen LogP contribution is 2.29. The lowest BCUT2D eigenvalue weighted by Crippen LogP contribution is -2.07. The van der Waals surface area contributed by atoms with Gasteiger partial charge in [-0.25, -0.2) is 0 Å². The van der Waals surface area contributed by atoms with E-state index < -0.39 is 0 Å². The summed E-state index contributed by atoms with van der Waals surface area (Å²) in [6.07, 6.45) is 2.22. The standard InChI is InChI=1S/C7H14O/c1-5-3-6(2)7(8)4-5/h5-8H,3-4H2,1-2H3/t5-,6+,7-/m0/s1. The topological polar surface area (TPSA) is 20.2 Å². The maximum atomic E-state index is 9.17. The van der Waals surface area contributed by atoms with E-state index in [2.05, 4.69) is 13.8 Å². The molecule has 0 unspecified atom stereocenters. The molecule has 3 atom stereocenters. The molecule has 0 aromatic heterocycles. The van der Waals surface area contributed by atoms with Crippen LogP contribution in [0.25, 0.3) is 0 Å². The Morgan fingerprint density at radius 2 is 1.88 bits per heavy atom. The van der Waals surface area contributed by atoms with Crippen LogP contribution in [0.2, 0.25) is 0 Å². The first-order valence-electron chi connectivity index (χ1n) is 3.38. The zero-order valence-electron chi connectivity index (χ0n) is 5.59. The second-order valence-electron chi connectivity index (χ2n) is 3.12. The Labute approximate surface area is 50.7 Å². The summed E-state index contributed by atoms with van der Waals surface area (Å²) in [7, 11) is 0. The Morgan fingerprint density at radius 3 is 2.00 bits per heavy atom. The molecule has 1 nitrogen and oxygen atoms in total. The van der Waals surface area contributed by atoms with Crippen molar-refractivity contribution in [3.05, 3.63) is 0 Å². The minimum Gasteiger partial charge on any atom is -0.393 e. The summed E-state index contributed by atoms with van der Waals surface area (Å²) in [5.74, 6) is 1.30. The van der Waals surface area contributed by atoms with Gasteiger partial charge in [-0.15, -0.1) is 0 Å².